The lowest BCUT2D eigenvalue weighted by molar-refractivity contribution is 0.0985. The normalized spacial score (nSPS) is 11.3. The molecule has 1 amide bonds. The highest BCUT2D eigenvalue weighted by Crippen LogP contribution is 2.32. The Morgan fingerprint density at radius 2 is 1.92 bits per heavy atom. The number of carbonyl (C=O) groups is 1. The molecular weight excluding hydrogens is 457 g/mol. The predicted octanol–water partition coefficient (Wildman–Crippen LogP) is 5.57. The first-order valence-electron chi connectivity index (χ1n) is 7.83. The number of rotatable bonds is 5. The fourth-order valence-electron chi connectivity index (χ4n) is 2.39. The standard InChI is InChI=1S/C18H16BrCl2N3OS/c1-23(2)7-8-24(17(25)13-9-11(19)3-5-14(13)21)18-22-15-6-4-12(20)10-16(15)26-18/h3-6,9-10H,7-8H2,1-2H3. The van der Waals surface area contributed by atoms with Gasteiger partial charge in [-0.3, -0.25) is 9.69 Å². The van der Waals surface area contributed by atoms with E-state index in [1.807, 2.05) is 37.2 Å². The number of thiazole rings is 1. The lowest BCUT2D eigenvalue weighted by atomic mass is 10.2. The summed E-state index contributed by atoms with van der Waals surface area (Å²) in [6.45, 7) is 1.20. The molecule has 3 rings (SSSR count). The van der Waals surface area contributed by atoms with Gasteiger partial charge in [-0.15, -0.1) is 0 Å². The fourth-order valence-corrected chi connectivity index (χ4v) is 4.22. The summed E-state index contributed by atoms with van der Waals surface area (Å²) >= 11 is 17.2. The maximum absolute atomic E-state index is 13.2. The molecule has 26 heavy (non-hydrogen) atoms. The van der Waals surface area contributed by atoms with Gasteiger partial charge in [0.1, 0.15) is 0 Å². The van der Waals surface area contributed by atoms with Crippen LogP contribution in [0.1, 0.15) is 10.4 Å². The van der Waals surface area contributed by atoms with Crippen molar-refractivity contribution in [2.24, 2.45) is 0 Å². The van der Waals surface area contributed by atoms with E-state index in [0.717, 1.165) is 14.7 Å². The zero-order valence-electron chi connectivity index (χ0n) is 14.2. The van der Waals surface area contributed by atoms with Gasteiger partial charge in [0, 0.05) is 22.6 Å². The topological polar surface area (TPSA) is 36.4 Å². The van der Waals surface area contributed by atoms with E-state index in [-0.39, 0.29) is 5.91 Å². The van der Waals surface area contributed by atoms with Gasteiger partial charge in [0.15, 0.2) is 5.13 Å². The quantitative estimate of drug-likeness (QED) is 0.486. The molecule has 0 aliphatic heterocycles. The Balaban J connectivity index is 2.03. The summed E-state index contributed by atoms with van der Waals surface area (Å²) in [4.78, 5) is 21.5. The van der Waals surface area contributed by atoms with Crippen LogP contribution >= 0.6 is 50.5 Å². The van der Waals surface area contributed by atoms with Crippen LogP contribution in [0.3, 0.4) is 0 Å². The van der Waals surface area contributed by atoms with E-state index in [9.17, 15) is 4.79 Å². The zero-order chi connectivity index (χ0) is 18.8. The van der Waals surface area contributed by atoms with Crippen LogP contribution in [0.2, 0.25) is 10.0 Å². The Morgan fingerprint density at radius 1 is 1.15 bits per heavy atom. The summed E-state index contributed by atoms with van der Waals surface area (Å²) in [5.41, 5.74) is 1.26. The number of likely N-dealkylation sites (N-methyl/N-ethyl adjacent to an activating group) is 1. The Hall–Kier alpha value is -1.18. The zero-order valence-corrected chi connectivity index (χ0v) is 18.1. The minimum Gasteiger partial charge on any atom is -0.308 e. The van der Waals surface area contributed by atoms with E-state index in [4.69, 9.17) is 23.2 Å². The lowest BCUT2D eigenvalue weighted by Gasteiger charge is -2.22. The summed E-state index contributed by atoms with van der Waals surface area (Å²) in [6.07, 6.45) is 0. The molecule has 0 unspecified atom stereocenters. The van der Waals surface area contributed by atoms with Crippen molar-refractivity contribution in [3.8, 4) is 0 Å². The van der Waals surface area contributed by atoms with Crippen molar-refractivity contribution in [3.05, 3.63) is 56.5 Å². The second kappa shape index (κ2) is 8.23. The van der Waals surface area contributed by atoms with Gasteiger partial charge < -0.3 is 4.90 Å². The predicted molar refractivity (Wildman–Crippen MR) is 114 cm³/mol. The van der Waals surface area contributed by atoms with Crippen molar-refractivity contribution in [3.63, 3.8) is 0 Å². The number of nitrogens with zero attached hydrogens (tertiary/aromatic N) is 3. The van der Waals surface area contributed by atoms with Crippen molar-refractivity contribution < 1.29 is 4.79 Å². The minimum absolute atomic E-state index is 0.177. The summed E-state index contributed by atoms with van der Waals surface area (Å²) in [5, 5.41) is 1.69. The number of hydrogen-bond donors (Lipinski definition) is 0. The molecule has 0 fully saturated rings. The molecule has 0 spiro atoms. The molecule has 3 aromatic rings. The van der Waals surface area contributed by atoms with E-state index in [2.05, 4.69) is 20.9 Å². The van der Waals surface area contributed by atoms with E-state index in [1.165, 1.54) is 11.3 Å². The third-order valence-electron chi connectivity index (χ3n) is 3.74. The third-order valence-corrected chi connectivity index (χ3v) is 5.84. The average Bonchev–Trinajstić information content (AvgIpc) is 2.99. The van der Waals surface area contributed by atoms with Gasteiger partial charge in [-0.2, -0.15) is 0 Å². The van der Waals surface area contributed by atoms with Crippen LogP contribution in [-0.4, -0.2) is 43.0 Å². The Kier molecular flexibility index (Phi) is 6.20. The van der Waals surface area contributed by atoms with Gasteiger partial charge in [-0.05, 0) is 50.5 Å². The maximum atomic E-state index is 13.2. The monoisotopic (exact) mass is 471 g/mol. The molecule has 0 aliphatic rings. The van der Waals surface area contributed by atoms with E-state index in [0.29, 0.717) is 33.8 Å². The first kappa shape index (κ1) is 19.6. The molecule has 0 atom stereocenters. The first-order valence-corrected chi connectivity index (χ1v) is 10.2. The third kappa shape index (κ3) is 4.38. The Bertz CT molecular complexity index is 961. The van der Waals surface area contributed by atoms with E-state index in [1.54, 1.807) is 23.1 Å². The molecule has 136 valence electrons. The fraction of sp³-hybridized carbons (Fsp3) is 0.222. The van der Waals surface area contributed by atoms with Crippen molar-refractivity contribution in [2.75, 3.05) is 32.1 Å². The minimum atomic E-state index is -0.177. The van der Waals surface area contributed by atoms with Crippen molar-refractivity contribution in [2.45, 2.75) is 0 Å². The van der Waals surface area contributed by atoms with Crippen LogP contribution in [0.5, 0.6) is 0 Å². The molecular formula is C18H16BrCl2N3OS. The molecule has 0 aliphatic carbocycles. The largest absolute Gasteiger partial charge is 0.308 e. The van der Waals surface area contributed by atoms with Crippen LogP contribution in [-0.2, 0) is 0 Å². The van der Waals surface area contributed by atoms with Gasteiger partial charge >= 0.3 is 0 Å². The Morgan fingerprint density at radius 3 is 2.65 bits per heavy atom. The van der Waals surface area contributed by atoms with Crippen molar-refractivity contribution in [1.29, 1.82) is 0 Å². The molecule has 2 aromatic carbocycles. The highest BCUT2D eigenvalue weighted by atomic mass is 79.9. The van der Waals surface area contributed by atoms with Crippen LogP contribution in [0.25, 0.3) is 10.2 Å². The van der Waals surface area contributed by atoms with Crippen molar-refractivity contribution >= 4 is 71.7 Å². The Labute approximate surface area is 174 Å². The molecule has 0 saturated carbocycles. The van der Waals surface area contributed by atoms with E-state index >= 15 is 0 Å². The molecule has 1 heterocycles. The van der Waals surface area contributed by atoms with Crippen LogP contribution in [0, 0.1) is 0 Å². The molecule has 0 saturated heterocycles. The summed E-state index contributed by atoms with van der Waals surface area (Å²) < 4.78 is 1.74. The molecule has 8 heteroatoms. The highest BCUT2D eigenvalue weighted by molar-refractivity contribution is 9.10. The average molecular weight is 473 g/mol. The molecule has 0 radical (unpaired) electrons. The van der Waals surface area contributed by atoms with Gasteiger partial charge in [0.2, 0.25) is 0 Å². The SMILES string of the molecule is CN(C)CCN(C(=O)c1cc(Br)ccc1Cl)c1nc2ccc(Cl)cc2s1. The number of amides is 1. The summed E-state index contributed by atoms with van der Waals surface area (Å²) in [5.74, 6) is -0.177. The second-order valence-corrected chi connectivity index (χ2v) is 8.76. The molecule has 0 bridgehead atoms. The number of halogens is 3. The number of aromatic nitrogens is 1. The van der Waals surface area contributed by atoms with Crippen LogP contribution in [0.4, 0.5) is 5.13 Å². The maximum Gasteiger partial charge on any atom is 0.261 e. The lowest BCUT2D eigenvalue weighted by Crippen LogP contribution is -2.36. The molecule has 4 nitrogen and oxygen atoms in total. The van der Waals surface area contributed by atoms with Gasteiger partial charge in [0.05, 0.1) is 20.8 Å². The second-order valence-electron chi connectivity index (χ2n) is 5.99. The number of hydrogen-bond acceptors (Lipinski definition) is 4. The smallest absolute Gasteiger partial charge is 0.261 e. The molecule has 0 N–H and O–H groups in total. The van der Waals surface area contributed by atoms with Gasteiger partial charge in [-0.1, -0.05) is 50.5 Å². The number of carbonyl (C=O) groups excluding carboxylic acids is 1. The van der Waals surface area contributed by atoms with Crippen molar-refractivity contribution in [1.82, 2.24) is 9.88 Å². The van der Waals surface area contributed by atoms with Crippen LogP contribution < -0.4 is 4.90 Å². The molecule has 1 aromatic heterocycles. The van der Waals surface area contributed by atoms with Crippen LogP contribution in [0.15, 0.2) is 40.9 Å². The first-order chi connectivity index (χ1) is 12.3. The summed E-state index contributed by atoms with van der Waals surface area (Å²) in [7, 11) is 3.93. The number of anilines is 1. The highest BCUT2D eigenvalue weighted by Gasteiger charge is 2.23. The number of fused-ring (bicyclic) bond motifs is 1. The van der Waals surface area contributed by atoms with E-state index < -0.39 is 0 Å². The van der Waals surface area contributed by atoms with Gasteiger partial charge in [-0.25, -0.2) is 4.98 Å². The van der Waals surface area contributed by atoms with Gasteiger partial charge in [0.25, 0.3) is 5.91 Å². The number of benzene rings is 2. The summed E-state index contributed by atoms with van der Waals surface area (Å²) in [6, 6.07) is 10.8.